The number of ether oxygens (including phenoxy) is 1. The van der Waals surface area contributed by atoms with Gasteiger partial charge < -0.3 is 10.1 Å². The van der Waals surface area contributed by atoms with Crippen molar-refractivity contribution in [1.82, 2.24) is 5.32 Å². The van der Waals surface area contributed by atoms with Crippen LogP contribution in [0.3, 0.4) is 0 Å². The first-order chi connectivity index (χ1) is 12.0. The quantitative estimate of drug-likeness (QED) is 0.780. The van der Waals surface area contributed by atoms with Gasteiger partial charge in [-0.25, -0.2) is 4.79 Å². The lowest BCUT2D eigenvalue weighted by Crippen LogP contribution is -2.28. The molecule has 0 radical (unpaired) electrons. The summed E-state index contributed by atoms with van der Waals surface area (Å²) in [5, 5.41) is 2.75. The van der Waals surface area contributed by atoms with Gasteiger partial charge in [0.15, 0.2) is 6.61 Å². The number of esters is 1. The molecule has 1 amide bonds. The van der Waals surface area contributed by atoms with E-state index in [1.165, 1.54) is 5.56 Å². The molecule has 25 heavy (non-hydrogen) atoms. The van der Waals surface area contributed by atoms with Gasteiger partial charge >= 0.3 is 5.97 Å². The lowest BCUT2D eigenvalue weighted by atomic mass is 10.0. The summed E-state index contributed by atoms with van der Waals surface area (Å²) in [6.45, 7) is 6.42. The molecule has 1 N–H and O–H groups in total. The van der Waals surface area contributed by atoms with E-state index in [9.17, 15) is 9.59 Å². The van der Waals surface area contributed by atoms with Crippen LogP contribution in [0, 0.1) is 0 Å². The summed E-state index contributed by atoms with van der Waals surface area (Å²) in [7, 11) is 0. The molecule has 0 aliphatic rings. The molecule has 4 nitrogen and oxygen atoms in total. The smallest absolute Gasteiger partial charge is 0.338 e. The second-order valence-electron chi connectivity index (χ2n) is 6.30. The molecule has 0 atom stereocenters. The van der Waals surface area contributed by atoms with Gasteiger partial charge in [-0.3, -0.25) is 4.79 Å². The zero-order valence-electron chi connectivity index (χ0n) is 15.0. The van der Waals surface area contributed by atoms with Crippen molar-refractivity contribution in [3.05, 3.63) is 70.8 Å². The van der Waals surface area contributed by atoms with Crippen molar-refractivity contribution in [2.24, 2.45) is 0 Å². The first-order valence-electron chi connectivity index (χ1n) is 8.61. The third-order valence-electron chi connectivity index (χ3n) is 4.07. The molecule has 132 valence electrons. The van der Waals surface area contributed by atoms with Crippen LogP contribution in [0.1, 0.15) is 53.7 Å². The van der Waals surface area contributed by atoms with E-state index < -0.39 is 5.97 Å². The fourth-order valence-corrected chi connectivity index (χ4v) is 2.36. The number of hydrogen-bond donors (Lipinski definition) is 1. The molecular formula is C21H25NO3. The summed E-state index contributed by atoms with van der Waals surface area (Å²) in [5.74, 6) is -0.397. The topological polar surface area (TPSA) is 55.4 Å². The van der Waals surface area contributed by atoms with Crippen molar-refractivity contribution in [2.75, 3.05) is 6.61 Å². The van der Waals surface area contributed by atoms with Gasteiger partial charge in [0.2, 0.25) is 0 Å². The molecule has 4 heteroatoms. The normalized spacial score (nSPS) is 10.6. The highest BCUT2D eigenvalue weighted by Crippen LogP contribution is 2.15. The van der Waals surface area contributed by atoms with E-state index in [0.717, 1.165) is 17.5 Å². The van der Waals surface area contributed by atoms with Crippen LogP contribution in [0.25, 0.3) is 0 Å². The Hall–Kier alpha value is -2.62. The van der Waals surface area contributed by atoms with Crippen LogP contribution in [-0.4, -0.2) is 18.5 Å². The largest absolute Gasteiger partial charge is 0.452 e. The molecule has 2 rings (SSSR count). The highest BCUT2D eigenvalue weighted by molar-refractivity contribution is 5.91. The van der Waals surface area contributed by atoms with Gasteiger partial charge in [-0.2, -0.15) is 0 Å². The van der Waals surface area contributed by atoms with E-state index in [4.69, 9.17) is 4.74 Å². The van der Waals surface area contributed by atoms with E-state index in [1.54, 1.807) is 12.1 Å². The first-order valence-corrected chi connectivity index (χ1v) is 8.61. The zero-order valence-corrected chi connectivity index (χ0v) is 15.0. The number of nitrogens with one attached hydrogen (secondary N) is 1. The SMILES string of the molecule is CCc1ccc(CNC(=O)COC(=O)c2ccc(C(C)C)cc2)cc1. The van der Waals surface area contributed by atoms with E-state index >= 15 is 0 Å². The van der Waals surface area contributed by atoms with Crippen LogP contribution in [-0.2, 0) is 22.5 Å². The second kappa shape index (κ2) is 9.02. The minimum absolute atomic E-state index is 0.280. The highest BCUT2D eigenvalue weighted by atomic mass is 16.5. The van der Waals surface area contributed by atoms with Gasteiger partial charge in [-0.1, -0.05) is 57.2 Å². The number of benzene rings is 2. The Bertz CT molecular complexity index is 703. The molecule has 0 aliphatic heterocycles. The molecule has 0 bridgehead atoms. The summed E-state index contributed by atoms with van der Waals surface area (Å²) in [6.07, 6.45) is 0.987. The molecule has 0 saturated heterocycles. The average molecular weight is 339 g/mol. The Morgan fingerprint density at radius 2 is 1.56 bits per heavy atom. The van der Waals surface area contributed by atoms with Crippen LogP contribution < -0.4 is 5.32 Å². The van der Waals surface area contributed by atoms with Crippen LogP contribution in [0.4, 0.5) is 0 Å². The second-order valence-corrected chi connectivity index (χ2v) is 6.30. The summed E-state index contributed by atoms with van der Waals surface area (Å²) in [6, 6.07) is 15.3. The van der Waals surface area contributed by atoms with Crippen LogP contribution in [0.5, 0.6) is 0 Å². The van der Waals surface area contributed by atoms with Crippen molar-refractivity contribution in [1.29, 1.82) is 0 Å². The van der Waals surface area contributed by atoms with Crippen LogP contribution in [0.15, 0.2) is 48.5 Å². The highest BCUT2D eigenvalue weighted by Gasteiger charge is 2.10. The maximum Gasteiger partial charge on any atom is 0.338 e. The third kappa shape index (κ3) is 5.75. The minimum Gasteiger partial charge on any atom is -0.452 e. The van der Waals surface area contributed by atoms with Gasteiger partial charge in [0.25, 0.3) is 5.91 Å². The lowest BCUT2D eigenvalue weighted by Gasteiger charge is -2.08. The predicted molar refractivity (Wildman–Crippen MR) is 98.5 cm³/mol. The van der Waals surface area contributed by atoms with Crippen molar-refractivity contribution in [3.63, 3.8) is 0 Å². The van der Waals surface area contributed by atoms with Crippen molar-refractivity contribution in [2.45, 2.75) is 39.7 Å². The van der Waals surface area contributed by atoms with E-state index in [0.29, 0.717) is 18.0 Å². The summed E-state index contributed by atoms with van der Waals surface area (Å²) in [5.41, 5.74) is 3.88. The molecule has 0 aliphatic carbocycles. The van der Waals surface area contributed by atoms with Crippen molar-refractivity contribution in [3.8, 4) is 0 Å². The Morgan fingerprint density at radius 3 is 2.12 bits per heavy atom. The average Bonchev–Trinajstić information content (AvgIpc) is 2.64. The number of rotatable bonds is 7. The molecule has 0 saturated carbocycles. The number of aryl methyl sites for hydroxylation is 1. The molecule has 0 fully saturated rings. The summed E-state index contributed by atoms with van der Waals surface area (Å²) < 4.78 is 5.06. The Morgan fingerprint density at radius 1 is 0.960 bits per heavy atom. The molecule has 0 spiro atoms. The predicted octanol–water partition coefficient (Wildman–Crippen LogP) is 3.85. The Kier molecular flexibility index (Phi) is 6.75. The fourth-order valence-electron chi connectivity index (χ4n) is 2.36. The van der Waals surface area contributed by atoms with E-state index in [1.807, 2.05) is 36.4 Å². The molecule has 2 aromatic carbocycles. The molecule has 0 unspecified atom stereocenters. The number of carbonyl (C=O) groups is 2. The maximum absolute atomic E-state index is 12.0. The minimum atomic E-state index is -0.488. The van der Waals surface area contributed by atoms with Crippen LogP contribution in [0.2, 0.25) is 0 Å². The van der Waals surface area contributed by atoms with Crippen molar-refractivity contribution >= 4 is 11.9 Å². The van der Waals surface area contributed by atoms with Gasteiger partial charge in [0, 0.05) is 6.54 Å². The van der Waals surface area contributed by atoms with E-state index in [-0.39, 0.29) is 12.5 Å². The summed E-state index contributed by atoms with van der Waals surface area (Å²) in [4.78, 5) is 23.8. The van der Waals surface area contributed by atoms with Gasteiger partial charge in [0.1, 0.15) is 0 Å². The third-order valence-corrected chi connectivity index (χ3v) is 4.07. The zero-order chi connectivity index (χ0) is 18.2. The first kappa shape index (κ1) is 18.7. The molecular weight excluding hydrogens is 314 g/mol. The summed E-state index contributed by atoms with van der Waals surface area (Å²) >= 11 is 0. The number of hydrogen-bond acceptors (Lipinski definition) is 3. The lowest BCUT2D eigenvalue weighted by molar-refractivity contribution is -0.124. The Labute approximate surface area is 149 Å². The molecule has 2 aromatic rings. The van der Waals surface area contributed by atoms with E-state index in [2.05, 4.69) is 26.1 Å². The fraction of sp³-hybridized carbons (Fsp3) is 0.333. The number of carbonyl (C=O) groups excluding carboxylic acids is 2. The van der Waals surface area contributed by atoms with Crippen molar-refractivity contribution < 1.29 is 14.3 Å². The molecule has 0 heterocycles. The standard InChI is InChI=1S/C21H25NO3/c1-4-16-5-7-17(8-6-16)13-22-20(23)14-25-21(24)19-11-9-18(10-12-19)15(2)3/h5-12,15H,4,13-14H2,1-3H3,(H,22,23). The molecule has 0 aromatic heterocycles. The maximum atomic E-state index is 12.0. The van der Waals surface area contributed by atoms with Gasteiger partial charge in [-0.05, 0) is 41.2 Å². The van der Waals surface area contributed by atoms with Crippen LogP contribution >= 0.6 is 0 Å². The van der Waals surface area contributed by atoms with Gasteiger partial charge in [-0.15, -0.1) is 0 Å². The number of amides is 1. The monoisotopic (exact) mass is 339 g/mol. The Balaban J connectivity index is 1.77. The van der Waals surface area contributed by atoms with Gasteiger partial charge in [0.05, 0.1) is 5.56 Å².